The van der Waals surface area contributed by atoms with Crippen molar-refractivity contribution in [3.8, 4) is 0 Å². The molecule has 3 N–H and O–H groups in total. The first-order valence-electron chi connectivity index (χ1n) is 8.52. The lowest BCUT2D eigenvalue weighted by Gasteiger charge is -2.12. The number of furan rings is 1. The van der Waals surface area contributed by atoms with Crippen molar-refractivity contribution in [3.63, 3.8) is 0 Å². The summed E-state index contributed by atoms with van der Waals surface area (Å²) in [6, 6.07) is 3.90. The van der Waals surface area contributed by atoms with Crippen LogP contribution in [0.4, 0.5) is 0 Å². The van der Waals surface area contributed by atoms with Crippen molar-refractivity contribution in [3.05, 3.63) is 24.2 Å². The monoisotopic (exact) mass is 437 g/mol. The van der Waals surface area contributed by atoms with Crippen LogP contribution in [0.15, 0.2) is 27.8 Å². The van der Waals surface area contributed by atoms with E-state index in [1.54, 1.807) is 6.26 Å². The van der Waals surface area contributed by atoms with Gasteiger partial charge in [0.25, 0.3) is 0 Å². The zero-order chi connectivity index (χ0) is 15.9. The molecule has 5 nitrogen and oxygen atoms in total. The van der Waals surface area contributed by atoms with Gasteiger partial charge in [-0.1, -0.05) is 26.2 Å². The fraction of sp³-hybridized carbons (Fsp3) is 0.706. The second-order valence-corrected chi connectivity index (χ2v) is 5.40. The van der Waals surface area contributed by atoms with Gasteiger partial charge in [0.2, 0.25) is 0 Å². The zero-order valence-corrected chi connectivity index (χ0v) is 16.6. The summed E-state index contributed by atoms with van der Waals surface area (Å²) < 4.78 is 5.33. The molecule has 1 aromatic rings. The third-order valence-electron chi connectivity index (χ3n) is 3.40. The van der Waals surface area contributed by atoms with Crippen LogP contribution in [0.3, 0.4) is 0 Å². The molecule has 0 saturated heterocycles. The Labute approximate surface area is 157 Å². The number of hydrogen-bond acceptors (Lipinski definition) is 3. The third kappa shape index (κ3) is 12.3. The van der Waals surface area contributed by atoms with Gasteiger partial charge in [-0.3, -0.25) is 4.99 Å². The van der Waals surface area contributed by atoms with Crippen molar-refractivity contribution in [2.45, 2.75) is 51.9 Å². The lowest BCUT2D eigenvalue weighted by molar-refractivity contribution is 0.282. The van der Waals surface area contributed by atoms with E-state index in [0.29, 0.717) is 6.61 Å². The van der Waals surface area contributed by atoms with Gasteiger partial charge in [0.1, 0.15) is 5.76 Å². The molecular formula is C17H32IN3O2. The number of unbranched alkanes of at least 4 members (excludes halogenated alkanes) is 4. The van der Waals surface area contributed by atoms with Gasteiger partial charge in [0.15, 0.2) is 5.96 Å². The van der Waals surface area contributed by atoms with Crippen LogP contribution in [-0.2, 0) is 6.42 Å². The summed E-state index contributed by atoms with van der Waals surface area (Å²) in [5.41, 5.74) is 0. The molecule has 0 saturated carbocycles. The minimum absolute atomic E-state index is 0. The number of nitrogens with zero attached hydrogens (tertiary/aromatic N) is 1. The predicted molar refractivity (Wildman–Crippen MR) is 107 cm³/mol. The molecule has 0 fully saturated rings. The van der Waals surface area contributed by atoms with Gasteiger partial charge < -0.3 is 20.2 Å². The van der Waals surface area contributed by atoms with E-state index in [1.165, 1.54) is 6.42 Å². The summed E-state index contributed by atoms with van der Waals surface area (Å²) in [5, 5.41) is 15.5. The highest BCUT2D eigenvalue weighted by molar-refractivity contribution is 14.0. The molecular weight excluding hydrogens is 405 g/mol. The molecule has 0 unspecified atom stereocenters. The predicted octanol–water partition coefficient (Wildman–Crippen LogP) is 3.33. The van der Waals surface area contributed by atoms with Crippen LogP contribution in [-0.4, -0.2) is 37.3 Å². The molecule has 0 radical (unpaired) electrons. The van der Waals surface area contributed by atoms with Crippen LogP contribution < -0.4 is 10.6 Å². The van der Waals surface area contributed by atoms with E-state index in [9.17, 15) is 0 Å². The van der Waals surface area contributed by atoms with E-state index >= 15 is 0 Å². The van der Waals surface area contributed by atoms with Gasteiger partial charge in [-0.2, -0.15) is 0 Å². The van der Waals surface area contributed by atoms with Crippen LogP contribution >= 0.6 is 24.0 Å². The fourth-order valence-electron chi connectivity index (χ4n) is 2.08. The Morgan fingerprint density at radius 1 is 1.13 bits per heavy atom. The second kappa shape index (κ2) is 16.1. The summed E-state index contributed by atoms with van der Waals surface area (Å²) in [6.07, 6.45) is 9.05. The molecule has 0 aromatic carbocycles. The van der Waals surface area contributed by atoms with Gasteiger partial charge in [-0.15, -0.1) is 24.0 Å². The molecule has 1 rings (SSSR count). The smallest absolute Gasteiger partial charge is 0.191 e. The largest absolute Gasteiger partial charge is 0.469 e. The molecule has 0 bridgehead atoms. The number of guanidine groups is 1. The SMILES string of the molecule is CCCCNC(=NCCCCCCO)NCCc1ccco1.I. The number of aliphatic hydroxyl groups excluding tert-OH is 1. The number of aliphatic imine (C=N–C) groups is 1. The molecule has 23 heavy (non-hydrogen) atoms. The second-order valence-electron chi connectivity index (χ2n) is 5.40. The first-order chi connectivity index (χ1) is 10.9. The van der Waals surface area contributed by atoms with Crippen LogP contribution in [0, 0.1) is 0 Å². The molecule has 134 valence electrons. The Morgan fingerprint density at radius 2 is 1.91 bits per heavy atom. The Hall–Kier alpha value is -0.760. The highest BCUT2D eigenvalue weighted by Crippen LogP contribution is 2.00. The van der Waals surface area contributed by atoms with Crippen molar-refractivity contribution >= 4 is 29.9 Å². The third-order valence-corrected chi connectivity index (χ3v) is 3.40. The standard InChI is InChI=1S/C17H31N3O2.HI/c1-2-3-11-18-17(19-12-6-4-5-7-14-21)20-13-10-16-9-8-15-22-16;/h8-9,15,21H,2-7,10-14H2,1H3,(H2,18,19,20);1H. The molecule has 0 aliphatic rings. The van der Waals surface area contributed by atoms with Crippen molar-refractivity contribution in [2.75, 3.05) is 26.2 Å². The van der Waals surface area contributed by atoms with E-state index in [2.05, 4.69) is 22.5 Å². The van der Waals surface area contributed by atoms with Crippen molar-refractivity contribution in [2.24, 2.45) is 4.99 Å². The lowest BCUT2D eigenvalue weighted by Crippen LogP contribution is -2.39. The number of hydrogen-bond donors (Lipinski definition) is 3. The minimum Gasteiger partial charge on any atom is -0.469 e. The maximum absolute atomic E-state index is 8.75. The first kappa shape index (κ1) is 22.2. The van der Waals surface area contributed by atoms with Gasteiger partial charge in [-0.25, -0.2) is 0 Å². The molecule has 0 atom stereocenters. The molecule has 0 spiro atoms. The van der Waals surface area contributed by atoms with Gasteiger partial charge >= 0.3 is 0 Å². The lowest BCUT2D eigenvalue weighted by atomic mass is 10.2. The van der Waals surface area contributed by atoms with Crippen molar-refractivity contribution in [1.82, 2.24) is 10.6 Å². The van der Waals surface area contributed by atoms with Crippen LogP contribution in [0.1, 0.15) is 51.2 Å². The Morgan fingerprint density at radius 3 is 2.61 bits per heavy atom. The summed E-state index contributed by atoms with van der Waals surface area (Å²) in [6.45, 7) is 5.07. The topological polar surface area (TPSA) is 69.8 Å². The maximum Gasteiger partial charge on any atom is 0.191 e. The number of halogens is 1. The van der Waals surface area contributed by atoms with E-state index in [-0.39, 0.29) is 24.0 Å². The Balaban J connectivity index is 0.00000484. The van der Waals surface area contributed by atoms with E-state index < -0.39 is 0 Å². The molecule has 6 heteroatoms. The molecule has 0 aliphatic heterocycles. The molecule has 1 heterocycles. The highest BCUT2D eigenvalue weighted by Gasteiger charge is 2.00. The maximum atomic E-state index is 8.75. The Bertz CT molecular complexity index is 383. The van der Waals surface area contributed by atoms with E-state index in [4.69, 9.17) is 9.52 Å². The summed E-state index contributed by atoms with van der Waals surface area (Å²) in [5.74, 6) is 1.88. The number of rotatable bonds is 12. The number of aliphatic hydroxyl groups is 1. The molecule has 0 aliphatic carbocycles. The molecule has 1 aromatic heterocycles. The quantitative estimate of drug-likeness (QED) is 0.203. The fourth-order valence-corrected chi connectivity index (χ4v) is 2.08. The molecule has 0 amide bonds. The van der Waals surface area contributed by atoms with E-state index in [0.717, 1.165) is 69.9 Å². The summed E-state index contributed by atoms with van der Waals surface area (Å²) in [7, 11) is 0. The van der Waals surface area contributed by atoms with Crippen LogP contribution in [0.5, 0.6) is 0 Å². The van der Waals surface area contributed by atoms with Gasteiger partial charge in [0.05, 0.1) is 6.26 Å². The number of nitrogens with one attached hydrogen (secondary N) is 2. The minimum atomic E-state index is 0. The Kier molecular flexibility index (Phi) is 15.6. The van der Waals surface area contributed by atoms with Crippen molar-refractivity contribution < 1.29 is 9.52 Å². The van der Waals surface area contributed by atoms with Gasteiger partial charge in [-0.05, 0) is 31.4 Å². The average Bonchev–Trinajstić information content (AvgIpc) is 3.03. The van der Waals surface area contributed by atoms with Crippen LogP contribution in [0.25, 0.3) is 0 Å². The van der Waals surface area contributed by atoms with Crippen LogP contribution in [0.2, 0.25) is 0 Å². The summed E-state index contributed by atoms with van der Waals surface area (Å²) in [4.78, 5) is 4.61. The highest BCUT2D eigenvalue weighted by atomic mass is 127. The zero-order valence-electron chi connectivity index (χ0n) is 14.2. The average molecular weight is 437 g/mol. The van der Waals surface area contributed by atoms with Crippen molar-refractivity contribution in [1.29, 1.82) is 0 Å². The van der Waals surface area contributed by atoms with E-state index in [1.807, 2.05) is 12.1 Å². The first-order valence-corrected chi connectivity index (χ1v) is 8.52. The summed E-state index contributed by atoms with van der Waals surface area (Å²) >= 11 is 0. The normalized spacial score (nSPS) is 11.1. The van der Waals surface area contributed by atoms with Gasteiger partial charge in [0, 0.05) is 32.7 Å².